The van der Waals surface area contributed by atoms with E-state index in [1.807, 2.05) is 6.20 Å². The number of hydrogen-bond acceptors (Lipinski definition) is 4. The normalized spacial score (nSPS) is 20.3. The van der Waals surface area contributed by atoms with Crippen LogP contribution in [0.5, 0.6) is 5.75 Å². The van der Waals surface area contributed by atoms with Gasteiger partial charge in [0.1, 0.15) is 5.75 Å². The first-order valence-corrected chi connectivity index (χ1v) is 11.7. The van der Waals surface area contributed by atoms with Crippen molar-refractivity contribution in [2.75, 3.05) is 26.1 Å². The zero-order valence-corrected chi connectivity index (χ0v) is 19.7. The molecule has 0 saturated heterocycles. The summed E-state index contributed by atoms with van der Waals surface area (Å²) >= 11 is 0. The summed E-state index contributed by atoms with van der Waals surface area (Å²) in [7, 11) is 6.78. The van der Waals surface area contributed by atoms with Gasteiger partial charge in [-0.25, -0.2) is 0 Å². The van der Waals surface area contributed by atoms with Gasteiger partial charge in [0.25, 0.3) is 0 Å². The van der Waals surface area contributed by atoms with Crippen LogP contribution in [0.2, 0.25) is 0 Å². The zero-order valence-electron chi connectivity index (χ0n) is 18.7. The van der Waals surface area contributed by atoms with Crippen molar-refractivity contribution >= 4 is 19.6 Å². The Bertz CT molecular complexity index is 801. The van der Waals surface area contributed by atoms with Crippen molar-refractivity contribution in [3.63, 3.8) is 0 Å². The summed E-state index contributed by atoms with van der Waals surface area (Å²) in [6, 6.07) is 9.39. The van der Waals surface area contributed by atoms with Crippen molar-refractivity contribution in [1.82, 2.24) is 10.3 Å². The van der Waals surface area contributed by atoms with Gasteiger partial charge in [-0.1, -0.05) is 15.0 Å². The van der Waals surface area contributed by atoms with Crippen molar-refractivity contribution in [3.05, 3.63) is 47.3 Å². The molecule has 1 N–H and O–H groups in total. The average Bonchev–Trinajstić information content (AvgIpc) is 3.14. The summed E-state index contributed by atoms with van der Waals surface area (Å²) in [6.45, 7) is 7.50. The van der Waals surface area contributed by atoms with Gasteiger partial charge in [0.2, 0.25) is 0 Å². The highest BCUT2D eigenvalue weighted by molar-refractivity contribution is 7.48. The molecule has 1 saturated carbocycles. The highest BCUT2D eigenvalue weighted by Gasteiger charge is 2.31. The highest BCUT2D eigenvalue weighted by atomic mass is 31.1. The fourth-order valence-corrected chi connectivity index (χ4v) is 6.64. The van der Waals surface area contributed by atoms with Gasteiger partial charge in [0.05, 0.1) is 12.8 Å². The summed E-state index contributed by atoms with van der Waals surface area (Å²) < 4.78 is 5.54. The number of aromatic nitrogens is 1. The SMILES string of the molecule is COc1c(C)cc(PC2CCCC2[C@H](C)NCc2cc(N(C)C)ccn2)cc1C. The van der Waals surface area contributed by atoms with E-state index in [9.17, 15) is 0 Å². The maximum Gasteiger partial charge on any atom is 0.124 e. The monoisotopic (exact) mass is 413 g/mol. The van der Waals surface area contributed by atoms with Gasteiger partial charge < -0.3 is 15.0 Å². The summed E-state index contributed by atoms with van der Waals surface area (Å²) in [5.41, 5.74) is 5.59. The van der Waals surface area contributed by atoms with Gasteiger partial charge in [0, 0.05) is 38.6 Å². The number of rotatable bonds is 8. The lowest BCUT2D eigenvalue weighted by Gasteiger charge is -2.27. The minimum absolute atomic E-state index is 0.500. The summed E-state index contributed by atoms with van der Waals surface area (Å²) in [5, 5.41) is 5.24. The molecular weight excluding hydrogens is 377 g/mol. The van der Waals surface area contributed by atoms with Crippen LogP contribution in [0.1, 0.15) is 43.0 Å². The number of ether oxygens (including phenoxy) is 1. The summed E-state index contributed by atoms with van der Waals surface area (Å²) in [4.78, 5) is 6.67. The first kappa shape index (κ1) is 22.1. The predicted molar refractivity (Wildman–Crippen MR) is 126 cm³/mol. The van der Waals surface area contributed by atoms with Crippen molar-refractivity contribution < 1.29 is 4.74 Å². The molecule has 5 heteroatoms. The van der Waals surface area contributed by atoms with Crippen LogP contribution in [0.15, 0.2) is 30.5 Å². The summed E-state index contributed by atoms with van der Waals surface area (Å²) in [6.07, 6.45) is 5.92. The second-order valence-corrected chi connectivity index (χ2v) is 10.2. The minimum atomic E-state index is 0.500. The molecule has 0 spiro atoms. The van der Waals surface area contributed by atoms with E-state index in [1.165, 1.54) is 41.4 Å². The Kier molecular flexibility index (Phi) is 7.54. The Morgan fingerprint density at radius 2 is 1.93 bits per heavy atom. The maximum atomic E-state index is 5.54. The minimum Gasteiger partial charge on any atom is -0.496 e. The standard InChI is InChI=1S/C24H36N3OP/c1-16-12-21(13-17(2)24(16)28-6)29-23-9-7-8-22(23)18(3)26-15-19-14-20(27(4)5)10-11-25-19/h10-14,18,22-23,26,29H,7-9,15H2,1-6H3/t18-,22?,23?/m0/s1. The Hall–Kier alpha value is -1.64. The van der Waals surface area contributed by atoms with E-state index in [0.717, 1.165) is 38.1 Å². The quantitative estimate of drug-likeness (QED) is 0.650. The van der Waals surface area contributed by atoms with Crippen LogP contribution in [-0.4, -0.2) is 37.9 Å². The number of aryl methyl sites for hydroxylation is 2. The number of hydrogen-bond donors (Lipinski definition) is 1. The van der Waals surface area contributed by atoms with Crippen molar-refractivity contribution in [2.45, 2.75) is 58.3 Å². The lowest BCUT2D eigenvalue weighted by atomic mass is 9.99. The van der Waals surface area contributed by atoms with Crippen LogP contribution in [0.25, 0.3) is 0 Å². The van der Waals surface area contributed by atoms with Gasteiger partial charge in [-0.15, -0.1) is 0 Å². The van der Waals surface area contributed by atoms with Crippen molar-refractivity contribution in [2.24, 2.45) is 5.92 Å². The fourth-order valence-electron chi connectivity index (χ4n) is 4.59. The first-order chi connectivity index (χ1) is 13.9. The fraction of sp³-hybridized carbons (Fsp3) is 0.542. The second-order valence-electron chi connectivity index (χ2n) is 8.56. The lowest BCUT2D eigenvalue weighted by molar-refractivity contribution is 0.384. The predicted octanol–water partition coefficient (Wildman–Crippen LogP) is 4.42. The number of nitrogens with one attached hydrogen (secondary N) is 1. The molecule has 158 valence electrons. The van der Waals surface area contributed by atoms with Crippen LogP contribution in [0, 0.1) is 19.8 Å². The largest absolute Gasteiger partial charge is 0.496 e. The average molecular weight is 414 g/mol. The Morgan fingerprint density at radius 1 is 1.21 bits per heavy atom. The van der Waals surface area contributed by atoms with E-state index in [4.69, 9.17) is 4.74 Å². The molecule has 1 fully saturated rings. The molecule has 4 nitrogen and oxygen atoms in total. The van der Waals surface area contributed by atoms with Crippen molar-refractivity contribution in [1.29, 1.82) is 0 Å². The maximum absolute atomic E-state index is 5.54. The molecular formula is C24H36N3OP. The Labute approximate surface area is 178 Å². The number of benzene rings is 1. The number of methoxy groups -OCH3 is 1. The van der Waals surface area contributed by atoms with Gasteiger partial charge >= 0.3 is 0 Å². The van der Waals surface area contributed by atoms with Gasteiger partial charge in [-0.3, -0.25) is 4.98 Å². The van der Waals surface area contributed by atoms with E-state index in [-0.39, 0.29) is 0 Å². The van der Waals surface area contributed by atoms with Crippen LogP contribution in [0.4, 0.5) is 5.69 Å². The molecule has 29 heavy (non-hydrogen) atoms. The molecule has 0 aliphatic heterocycles. The van der Waals surface area contributed by atoms with Crippen molar-refractivity contribution in [3.8, 4) is 5.75 Å². The molecule has 3 rings (SSSR count). The van der Waals surface area contributed by atoms with E-state index in [1.54, 1.807) is 7.11 Å². The molecule has 1 aliphatic rings. The highest BCUT2D eigenvalue weighted by Crippen LogP contribution is 2.41. The van der Waals surface area contributed by atoms with Gasteiger partial charge in [-0.05, 0) is 85.9 Å². The first-order valence-electron chi connectivity index (χ1n) is 10.7. The molecule has 1 heterocycles. The molecule has 3 unspecified atom stereocenters. The van der Waals surface area contributed by atoms with E-state index in [2.05, 4.69) is 74.3 Å². The third-order valence-corrected chi connectivity index (χ3v) is 7.86. The molecule has 1 aromatic heterocycles. The molecule has 4 atom stereocenters. The van der Waals surface area contributed by atoms with E-state index < -0.39 is 0 Å². The molecule has 0 bridgehead atoms. The third kappa shape index (κ3) is 5.49. The molecule has 0 radical (unpaired) electrons. The van der Waals surface area contributed by atoms with Crippen LogP contribution in [-0.2, 0) is 6.54 Å². The summed E-state index contributed by atoms with van der Waals surface area (Å²) in [5.74, 6) is 1.76. The smallest absolute Gasteiger partial charge is 0.124 e. The Morgan fingerprint density at radius 3 is 2.59 bits per heavy atom. The van der Waals surface area contributed by atoms with Gasteiger partial charge in [0.15, 0.2) is 0 Å². The second kappa shape index (κ2) is 9.91. The molecule has 1 aliphatic carbocycles. The number of pyridine rings is 1. The molecule has 0 amide bonds. The number of anilines is 1. The molecule has 1 aromatic carbocycles. The third-order valence-electron chi connectivity index (χ3n) is 6.15. The lowest BCUT2D eigenvalue weighted by Crippen LogP contribution is -2.36. The van der Waals surface area contributed by atoms with E-state index in [0.29, 0.717) is 6.04 Å². The number of nitrogens with zero attached hydrogens (tertiary/aromatic N) is 2. The van der Waals surface area contributed by atoms with Crippen LogP contribution in [0.3, 0.4) is 0 Å². The van der Waals surface area contributed by atoms with E-state index >= 15 is 0 Å². The molecule has 2 aromatic rings. The topological polar surface area (TPSA) is 37.4 Å². The Balaban J connectivity index is 1.62. The van der Waals surface area contributed by atoms with Gasteiger partial charge in [-0.2, -0.15) is 0 Å². The van der Waals surface area contributed by atoms with Crippen LogP contribution < -0.4 is 20.3 Å². The van der Waals surface area contributed by atoms with Crippen LogP contribution >= 0.6 is 8.58 Å². The zero-order chi connectivity index (χ0) is 21.0.